The van der Waals surface area contributed by atoms with E-state index in [4.69, 9.17) is 10.00 Å². The second-order valence-electron chi connectivity index (χ2n) is 6.61. The van der Waals surface area contributed by atoms with Crippen molar-refractivity contribution in [2.45, 2.75) is 20.0 Å². The molecule has 2 amide bonds. The Bertz CT molecular complexity index is 1010. The number of hydrogen-bond acceptors (Lipinski definition) is 8. The molecule has 2 aromatic rings. The van der Waals surface area contributed by atoms with Gasteiger partial charge in [0, 0.05) is 18.8 Å². The molecule has 0 aliphatic heterocycles. The number of carbonyl (C=O) groups is 2. The zero-order valence-electron chi connectivity index (χ0n) is 17.3. The van der Waals surface area contributed by atoms with Gasteiger partial charge in [-0.3, -0.25) is 0 Å². The van der Waals surface area contributed by atoms with Crippen LogP contribution in [0.5, 0.6) is 5.75 Å². The van der Waals surface area contributed by atoms with Gasteiger partial charge < -0.3 is 14.9 Å². The van der Waals surface area contributed by atoms with Crippen LogP contribution >= 0.6 is 0 Å². The number of amides is 2. The maximum atomic E-state index is 13.0. The first kappa shape index (κ1) is 24.2. The van der Waals surface area contributed by atoms with Crippen LogP contribution in [0.3, 0.4) is 0 Å². The van der Waals surface area contributed by atoms with Crippen molar-refractivity contribution < 1.29 is 32.3 Å². The molecular formula is C19H19F3N6O4. The predicted octanol–water partition coefficient (Wildman–Crippen LogP) is 3.29. The Kier molecular flexibility index (Phi) is 7.78. The summed E-state index contributed by atoms with van der Waals surface area (Å²) in [5.41, 5.74) is 0.109. The summed E-state index contributed by atoms with van der Waals surface area (Å²) in [5.74, 6) is -3.09. The number of carbonyl (C=O) groups excluding carboxylic acids is 2. The highest BCUT2D eigenvalue weighted by molar-refractivity contribution is 5.92. The van der Waals surface area contributed by atoms with Crippen molar-refractivity contribution in [3.05, 3.63) is 42.4 Å². The molecule has 0 fully saturated rings. The number of benzene rings is 1. The van der Waals surface area contributed by atoms with Crippen LogP contribution in [0.25, 0.3) is 0 Å². The van der Waals surface area contributed by atoms with E-state index in [-0.39, 0.29) is 40.7 Å². The number of hydrogen-bond donors (Lipinski definition) is 1. The second-order valence-corrected chi connectivity index (χ2v) is 6.61. The summed E-state index contributed by atoms with van der Waals surface area (Å²) in [6, 6.07) is 7.81. The zero-order valence-corrected chi connectivity index (χ0v) is 17.3. The Labute approximate surface area is 181 Å². The van der Waals surface area contributed by atoms with Crippen LogP contribution in [0.2, 0.25) is 0 Å². The summed E-state index contributed by atoms with van der Waals surface area (Å²) < 4.78 is 43.9. The molecule has 13 heteroatoms. The molecule has 0 radical (unpaired) electrons. The van der Waals surface area contributed by atoms with E-state index < -0.39 is 18.2 Å². The highest BCUT2D eigenvalue weighted by Crippen LogP contribution is 2.26. The number of hydrazine groups is 1. The molecule has 170 valence electrons. The monoisotopic (exact) mass is 452 g/mol. The molecule has 0 aliphatic carbocycles. The van der Waals surface area contributed by atoms with Crippen molar-refractivity contribution in [2.75, 3.05) is 24.0 Å². The molecule has 0 aliphatic rings. The van der Waals surface area contributed by atoms with Crippen molar-refractivity contribution in [3.8, 4) is 11.8 Å². The standard InChI is InChI=1S/C19H19F3N6O4/c1-12(2)11-27(16-8-9-24-15(10-23)26-16)28(32-17(29)19(20,21)22)18(30)25-13-6-4-5-7-14(13)31-3/h4-9,12H,11H2,1-3H3,(H,25,30). The quantitative estimate of drug-likeness (QED) is 0.663. The third kappa shape index (κ3) is 6.21. The zero-order chi connectivity index (χ0) is 23.9. The van der Waals surface area contributed by atoms with Crippen molar-refractivity contribution in [3.63, 3.8) is 0 Å². The highest BCUT2D eigenvalue weighted by Gasteiger charge is 2.45. The van der Waals surface area contributed by atoms with Gasteiger partial charge in [0.2, 0.25) is 5.82 Å². The van der Waals surface area contributed by atoms with Gasteiger partial charge in [-0.15, -0.1) is 0 Å². The van der Waals surface area contributed by atoms with Gasteiger partial charge in [0.15, 0.2) is 5.82 Å². The normalized spacial score (nSPS) is 10.8. The van der Waals surface area contributed by atoms with Gasteiger partial charge in [-0.2, -0.15) is 23.4 Å². The molecule has 0 saturated heterocycles. The number of rotatable bonds is 6. The molecule has 1 aromatic heterocycles. The summed E-state index contributed by atoms with van der Waals surface area (Å²) in [5, 5.41) is 12.4. The van der Waals surface area contributed by atoms with E-state index in [1.807, 2.05) is 0 Å². The van der Waals surface area contributed by atoms with Crippen molar-refractivity contribution in [1.29, 1.82) is 5.26 Å². The third-order valence-corrected chi connectivity index (χ3v) is 3.69. The lowest BCUT2D eigenvalue weighted by molar-refractivity contribution is -0.229. The fraction of sp³-hybridized carbons (Fsp3) is 0.316. The van der Waals surface area contributed by atoms with Crippen LogP contribution in [0.15, 0.2) is 36.5 Å². The first-order valence-corrected chi connectivity index (χ1v) is 9.10. The smallest absolute Gasteiger partial charge is 0.493 e. The Morgan fingerprint density at radius 2 is 1.94 bits per heavy atom. The van der Waals surface area contributed by atoms with Gasteiger partial charge in [0.1, 0.15) is 11.8 Å². The van der Waals surface area contributed by atoms with Gasteiger partial charge >= 0.3 is 18.2 Å². The molecule has 10 nitrogen and oxygen atoms in total. The Morgan fingerprint density at radius 3 is 2.53 bits per heavy atom. The average molecular weight is 452 g/mol. The van der Waals surface area contributed by atoms with E-state index in [1.54, 1.807) is 32.0 Å². The van der Waals surface area contributed by atoms with Crippen LogP contribution in [0, 0.1) is 17.2 Å². The lowest BCUT2D eigenvalue weighted by Gasteiger charge is -2.34. The van der Waals surface area contributed by atoms with Crippen LogP contribution in [-0.4, -0.2) is 47.0 Å². The van der Waals surface area contributed by atoms with Crippen molar-refractivity contribution >= 4 is 23.5 Å². The van der Waals surface area contributed by atoms with Gasteiger partial charge in [0.05, 0.1) is 12.8 Å². The molecule has 0 unspecified atom stereocenters. The van der Waals surface area contributed by atoms with E-state index in [0.717, 1.165) is 5.01 Å². The number of methoxy groups -OCH3 is 1. The summed E-state index contributed by atoms with van der Waals surface area (Å²) in [7, 11) is 1.34. The lowest BCUT2D eigenvalue weighted by Crippen LogP contribution is -2.53. The van der Waals surface area contributed by atoms with Crippen molar-refractivity contribution in [1.82, 2.24) is 15.1 Å². The number of anilines is 2. The average Bonchev–Trinajstić information content (AvgIpc) is 2.75. The molecule has 0 spiro atoms. The number of nitrogens with one attached hydrogen (secondary N) is 1. The first-order valence-electron chi connectivity index (χ1n) is 9.10. The van der Waals surface area contributed by atoms with Crippen LogP contribution < -0.4 is 15.1 Å². The maximum Gasteiger partial charge on any atom is 0.493 e. The number of nitrogens with zero attached hydrogens (tertiary/aromatic N) is 5. The minimum Gasteiger partial charge on any atom is -0.495 e. The van der Waals surface area contributed by atoms with E-state index in [9.17, 15) is 22.8 Å². The summed E-state index contributed by atoms with van der Waals surface area (Å²) >= 11 is 0. The molecule has 1 heterocycles. The van der Waals surface area contributed by atoms with Gasteiger partial charge in [0.25, 0.3) is 0 Å². The largest absolute Gasteiger partial charge is 0.495 e. The topological polar surface area (TPSA) is 121 Å². The van der Waals surface area contributed by atoms with E-state index in [0.29, 0.717) is 0 Å². The lowest BCUT2D eigenvalue weighted by atomic mass is 10.2. The minimum atomic E-state index is -5.38. The molecule has 1 aromatic carbocycles. The van der Waals surface area contributed by atoms with Crippen LogP contribution in [0.4, 0.5) is 29.5 Å². The number of halogens is 3. The Morgan fingerprint density at radius 1 is 1.25 bits per heavy atom. The highest BCUT2D eigenvalue weighted by atomic mass is 19.4. The Hall–Kier alpha value is -4.08. The van der Waals surface area contributed by atoms with E-state index in [2.05, 4.69) is 20.1 Å². The minimum absolute atomic E-state index is 0.103. The number of nitriles is 1. The van der Waals surface area contributed by atoms with Crippen LogP contribution in [-0.2, 0) is 9.63 Å². The maximum absolute atomic E-state index is 13.0. The molecule has 1 N–H and O–H groups in total. The van der Waals surface area contributed by atoms with Gasteiger partial charge in [-0.05, 0) is 23.2 Å². The molecule has 0 bridgehead atoms. The van der Waals surface area contributed by atoms with E-state index >= 15 is 0 Å². The second kappa shape index (κ2) is 10.3. The third-order valence-electron chi connectivity index (χ3n) is 3.69. The predicted molar refractivity (Wildman–Crippen MR) is 105 cm³/mol. The molecule has 0 atom stereocenters. The van der Waals surface area contributed by atoms with Crippen LogP contribution in [0.1, 0.15) is 19.7 Å². The van der Waals surface area contributed by atoms with Gasteiger partial charge in [-0.25, -0.2) is 19.6 Å². The number of para-hydroxylation sites is 2. The van der Waals surface area contributed by atoms with Gasteiger partial charge in [-0.1, -0.05) is 26.0 Å². The fourth-order valence-corrected chi connectivity index (χ4v) is 2.40. The molecule has 2 rings (SSSR count). The number of hydroxylamine groups is 1. The van der Waals surface area contributed by atoms with E-state index in [1.165, 1.54) is 31.5 Å². The first-order chi connectivity index (χ1) is 15.1. The SMILES string of the molecule is COc1ccccc1NC(=O)N(OC(=O)C(F)(F)F)N(CC(C)C)c1ccnc(C#N)n1. The number of urea groups is 1. The number of ether oxygens (including phenoxy) is 1. The fourth-order valence-electron chi connectivity index (χ4n) is 2.40. The number of aromatic nitrogens is 2. The molecule has 32 heavy (non-hydrogen) atoms. The number of alkyl halides is 3. The summed E-state index contributed by atoms with van der Waals surface area (Å²) in [4.78, 5) is 36.6. The summed E-state index contributed by atoms with van der Waals surface area (Å²) in [6.45, 7) is 3.31. The summed E-state index contributed by atoms with van der Waals surface area (Å²) in [6.07, 6.45) is -4.20. The Balaban J connectivity index is 2.51. The van der Waals surface area contributed by atoms with Crippen molar-refractivity contribution in [2.24, 2.45) is 5.92 Å². The molecular weight excluding hydrogens is 433 g/mol. The molecule has 0 saturated carbocycles.